The predicted octanol–water partition coefficient (Wildman–Crippen LogP) is 3.67. The first-order valence-corrected chi connectivity index (χ1v) is 14.2. The van der Waals surface area contributed by atoms with Crippen molar-refractivity contribution in [3.05, 3.63) is 71.4 Å². The van der Waals surface area contributed by atoms with E-state index < -0.39 is 10.0 Å². The smallest absolute Gasteiger partial charge is 0.244 e. The number of ether oxygens (including phenoxy) is 1. The highest BCUT2D eigenvalue weighted by atomic mass is 32.2. The minimum Gasteiger partial charge on any atom is -0.378 e. The summed E-state index contributed by atoms with van der Waals surface area (Å²) in [7, 11) is -3.68. The van der Waals surface area contributed by atoms with Crippen molar-refractivity contribution in [1.29, 1.82) is 0 Å². The van der Waals surface area contributed by atoms with E-state index in [1.807, 2.05) is 10.9 Å². The molecule has 0 N–H and O–H groups in total. The molecular formula is C27H30FN5O3S. The van der Waals surface area contributed by atoms with Crippen LogP contribution < -0.4 is 4.90 Å². The Morgan fingerprint density at radius 1 is 1.05 bits per heavy atom. The van der Waals surface area contributed by atoms with Crippen LogP contribution in [0.3, 0.4) is 0 Å². The van der Waals surface area contributed by atoms with Crippen LogP contribution in [0.5, 0.6) is 0 Å². The van der Waals surface area contributed by atoms with Crippen LogP contribution in [-0.4, -0.2) is 66.9 Å². The van der Waals surface area contributed by atoms with E-state index in [0.29, 0.717) is 39.1 Å². The molecule has 0 amide bonds. The number of sulfonamides is 1. The number of fused-ring (bicyclic) bond motifs is 2. The second kappa shape index (κ2) is 9.34. The maximum atomic E-state index is 13.7. The lowest BCUT2D eigenvalue weighted by atomic mass is 9.67. The van der Waals surface area contributed by atoms with Gasteiger partial charge in [-0.2, -0.15) is 9.40 Å². The average molecular weight is 524 g/mol. The molecule has 10 heteroatoms. The molecule has 0 saturated carbocycles. The van der Waals surface area contributed by atoms with Crippen LogP contribution in [0.2, 0.25) is 0 Å². The molecule has 194 valence electrons. The zero-order chi connectivity index (χ0) is 25.6. The van der Waals surface area contributed by atoms with Crippen LogP contribution in [0.1, 0.15) is 31.0 Å². The number of morpholine rings is 1. The number of pyridine rings is 1. The number of aromatic nitrogens is 3. The van der Waals surface area contributed by atoms with E-state index >= 15 is 0 Å². The van der Waals surface area contributed by atoms with Crippen LogP contribution >= 0.6 is 0 Å². The summed E-state index contributed by atoms with van der Waals surface area (Å²) in [5.41, 5.74) is 3.83. The van der Waals surface area contributed by atoms with Crippen molar-refractivity contribution >= 4 is 21.9 Å². The van der Waals surface area contributed by atoms with E-state index in [1.54, 1.807) is 28.6 Å². The average Bonchev–Trinajstić information content (AvgIpc) is 3.34. The molecule has 2 aliphatic heterocycles. The van der Waals surface area contributed by atoms with Crippen molar-refractivity contribution in [2.24, 2.45) is 5.41 Å². The third-order valence-electron chi connectivity index (χ3n) is 7.96. The van der Waals surface area contributed by atoms with Crippen LogP contribution in [0.15, 0.2) is 59.3 Å². The molecule has 1 aliphatic carbocycles. The molecule has 4 heterocycles. The number of benzene rings is 1. The van der Waals surface area contributed by atoms with Gasteiger partial charge in [-0.3, -0.25) is 0 Å². The van der Waals surface area contributed by atoms with Crippen LogP contribution in [0.25, 0.3) is 11.8 Å². The van der Waals surface area contributed by atoms with E-state index in [-0.39, 0.29) is 16.1 Å². The summed E-state index contributed by atoms with van der Waals surface area (Å²) >= 11 is 0. The first-order chi connectivity index (χ1) is 17.9. The molecule has 8 nitrogen and oxygen atoms in total. The van der Waals surface area contributed by atoms with Crippen molar-refractivity contribution in [2.75, 3.05) is 44.3 Å². The van der Waals surface area contributed by atoms with Gasteiger partial charge in [-0.15, -0.1) is 0 Å². The van der Waals surface area contributed by atoms with Gasteiger partial charge in [-0.05, 0) is 67.3 Å². The molecule has 3 aliphatic rings. The van der Waals surface area contributed by atoms with Crippen LogP contribution in [-0.2, 0) is 21.2 Å². The highest BCUT2D eigenvalue weighted by Gasteiger charge is 2.45. The summed E-state index contributed by atoms with van der Waals surface area (Å²) in [5.74, 6) is 0.488. The van der Waals surface area contributed by atoms with Gasteiger partial charge in [-0.1, -0.05) is 12.5 Å². The summed E-state index contributed by atoms with van der Waals surface area (Å²) in [5, 5.41) is 4.58. The molecule has 0 bridgehead atoms. The number of anilines is 1. The lowest BCUT2D eigenvalue weighted by Crippen LogP contribution is -2.49. The topological polar surface area (TPSA) is 80.6 Å². The van der Waals surface area contributed by atoms with Crippen molar-refractivity contribution < 1.29 is 17.5 Å². The number of rotatable bonds is 5. The van der Waals surface area contributed by atoms with Gasteiger partial charge in [0.05, 0.1) is 30.8 Å². The zero-order valence-electron chi connectivity index (χ0n) is 20.8. The molecule has 1 atom stereocenters. The van der Waals surface area contributed by atoms with Gasteiger partial charge in [0.15, 0.2) is 0 Å². The Labute approximate surface area is 216 Å². The minimum atomic E-state index is -3.68. The fourth-order valence-corrected chi connectivity index (χ4v) is 7.22. The first-order valence-electron chi connectivity index (χ1n) is 12.7. The molecule has 0 spiro atoms. The van der Waals surface area contributed by atoms with Crippen molar-refractivity contribution in [3.63, 3.8) is 0 Å². The SMILES string of the molecule is CC[C@]12Cc3cnn(-c4ccc(F)cc4)c3C=C1CCN(S(=O)(=O)c1ccc(N3CCOCC3)nc1)C2. The summed E-state index contributed by atoms with van der Waals surface area (Å²) in [6.45, 7) is 5.76. The highest BCUT2D eigenvalue weighted by molar-refractivity contribution is 7.89. The van der Waals surface area contributed by atoms with Gasteiger partial charge in [0.2, 0.25) is 10.0 Å². The van der Waals surface area contributed by atoms with E-state index in [0.717, 1.165) is 42.3 Å². The second-order valence-electron chi connectivity index (χ2n) is 9.96. The zero-order valence-corrected chi connectivity index (χ0v) is 21.6. The van der Waals surface area contributed by atoms with Gasteiger partial charge in [-0.25, -0.2) is 22.5 Å². The summed E-state index contributed by atoms with van der Waals surface area (Å²) in [4.78, 5) is 6.80. The van der Waals surface area contributed by atoms with E-state index in [9.17, 15) is 12.8 Å². The van der Waals surface area contributed by atoms with Gasteiger partial charge in [0.1, 0.15) is 16.5 Å². The minimum absolute atomic E-state index is 0.226. The normalized spacial score (nSPS) is 22.3. The lowest BCUT2D eigenvalue weighted by Gasteiger charge is -2.45. The number of hydrogen-bond donors (Lipinski definition) is 0. The number of halogens is 1. The molecule has 3 aromatic rings. The largest absolute Gasteiger partial charge is 0.378 e. The molecule has 2 fully saturated rings. The Kier molecular flexibility index (Phi) is 6.13. The third kappa shape index (κ3) is 4.26. The van der Waals surface area contributed by atoms with Gasteiger partial charge in [0.25, 0.3) is 0 Å². The van der Waals surface area contributed by atoms with Crippen molar-refractivity contribution in [2.45, 2.75) is 31.1 Å². The summed E-state index contributed by atoms with van der Waals surface area (Å²) < 4.78 is 49.6. The Bertz CT molecular complexity index is 1430. The lowest BCUT2D eigenvalue weighted by molar-refractivity contribution is 0.122. The maximum absolute atomic E-state index is 13.7. The Morgan fingerprint density at radius 2 is 1.84 bits per heavy atom. The summed E-state index contributed by atoms with van der Waals surface area (Å²) in [6, 6.07) is 9.76. The number of piperidine rings is 1. The molecule has 0 unspecified atom stereocenters. The Hall–Kier alpha value is -3.08. The van der Waals surface area contributed by atoms with E-state index in [4.69, 9.17) is 4.74 Å². The first kappa shape index (κ1) is 24.3. The Balaban J connectivity index is 1.26. The maximum Gasteiger partial charge on any atom is 0.244 e. The predicted molar refractivity (Wildman–Crippen MR) is 139 cm³/mol. The monoisotopic (exact) mass is 523 g/mol. The fraction of sp³-hybridized carbons (Fsp3) is 0.407. The molecule has 0 radical (unpaired) electrons. The van der Waals surface area contributed by atoms with Gasteiger partial charge >= 0.3 is 0 Å². The molecule has 37 heavy (non-hydrogen) atoms. The molecule has 2 saturated heterocycles. The summed E-state index contributed by atoms with van der Waals surface area (Å²) in [6.07, 6.45) is 7.69. The van der Waals surface area contributed by atoms with Gasteiger partial charge in [0, 0.05) is 37.8 Å². The molecular weight excluding hydrogens is 493 g/mol. The molecule has 1 aromatic carbocycles. The standard InChI is InChI=1S/C27H30FN5O3S/c1-2-27-16-20-17-30-33(23-5-3-22(28)4-6-23)25(20)15-21(27)9-10-32(19-27)37(34,35)24-7-8-26(29-18-24)31-11-13-36-14-12-31/h3-8,15,17-18H,2,9-14,16,19H2,1H3/t27-/m1/s1. The molecule has 2 aromatic heterocycles. The quantitative estimate of drug-likeness (QED) is 0.508. The number of nitrogens with zero attached hydrogens (tertiary/aromatic N) is 5. The third-order valence-corrected chi connectivity index (χ3v) is 9.79. The van der Waals surface area contributed by atoms with Crippen LogP contribution in [0, 0.1) is 11.2 Å². The van der Waals surface area contributed by atoms with E-state index in [1.165, 1.54) is 23.9 Å². The van der Waals surface area contributed by atoms with E-state index in [2.05, 4.69) is 28.0 Å². The fourth-order valence-electron chi connectivity index (χ4n) is 5.75. The number of hydrogen-bond acceptors (Lipinski definition) is 6. The van der Waals surface area contributed by atoms with Crippen molar-refractivity contribution in [3.8, 4) is 5.69 Å². The second-order valence-corrected chi connectivity index (χ2v) is 11.9. The van der Waals surface area contributed by atoms with Crippen LogP contribution in [0.4, 0.5) is 10.2 Å². The molecule has 6 rings (SSSR count). The van der Waals surface area contributed by atoms with Gasteiger partial charge < -0.3 is 9.64 Å². The highest BCUT2D eigenvalue weighted by Crippen LogP contribution is 2.47. The van der Waals surface area contributed by atoms with Crippen molar-refractivity contribution in [1.82, 2.24) is 19.1 Å². The Morgan fingerprint density at radius 3 is 2.54 bits per heavy atom.